The minimum absolute atomic E-state index is 0.0562. The molecule has 0 unspecified atom stereocenters. The third-order valence-corrected chi connectivity index (χ3v) is 4.17. The summed E-state index contributed by atoms with van der Waals surface area (Å²) in [6.07, 6.45) is 6.75. The molecule has 0 saturated heterocycles. The molecule has 2 nitrogen and oxygen atoms in total. The number of fused-ring (bicyclic) bond motifs is 2. The van der Waals surface area contributed by atoms with E-state index in [2.05, 4.69) is 19.9 Å². The van der Waals surface area contributed by atoms with Crippen molar-refractivity contribution in [3.8, 4) is 0 Å². The number of carbonyl (C=O) groups is 1. The van der Waals surface area contributed by atoms with Crippen molar-refractivity contribution in [2.45, 2.75) is 39.5 Å². The van der Waals surface area contributed by atoms with Gasteiger partial charge in [0.05, 0.1) is 5.92 Å². The van der Waals surface area contributed by atoms with Crippen molar-refractivity contribution < 1.29 is 9.90 Å². The van der Waals surface area contributed by atoms with Crippen LogP contribution < -0.4 is 0 Å². The first kappa shape index (κ1) is 10.7. The Morgan fingerprint density at radius 3 is 2.60 bits per heavy atom. The highest BCUT2D eigenvalue weighted by Crippen LogP contribution is 2.53. The molecule has 0 radical (unpaired) electrons. The molecule has 0 spiro atoms. The summed E-state index contributed by atoms with van der Waals surface area (Å²) < 4.78 is 0. The third kappa shape index (κ3) is 1.95. The molecule has 0 aliphatic heterocycles. The summed E-state index contributed by atoms with van der Waals surface area (Å²) in [6, 6.07) is 0. The van der Waals surface area contributed by atoms with Gasteiger partial charge in [-0.25, -0.2) is 0 Å². The Morgan fingerprint density at radius 1 is 1.33 bits per heavy atom. The Hall–Kier alpha value is -0.790. The predicted octanol–water partition coefficient (Wildman–Crippen LogP) is 3.09. The van der Waals surface area contributed by atoms with Gasteiger partial charge < -0.3 is 5.11 Å². The molecule has 2 aliphatic rings. The second kappa shape index (κ2) is 3.99. The van der Waals surface area contributed by atoms with Gasteiger partial charge in [-0.15, -0.1) is 0 Å². The second-order valence-corrected chi connectivity index (χ2v) is 5.38. The van der Waals surface area contributed by atoms with Crippen LogP contribution in [0.25, 0.3) is 0 Å². The maximum Gasteiger partial charge on any atom is 0.307 e. The predicted molar refractivity (Wildman–Crippen MR) is 59.5 cm³/mol. The fourth-order valence-corrected chi connectivity index (χ4v) is 3.51. The average Bonchev–Trinajstić information content (AvgIpc) is 2.72. The highest BCUT2D eigenvalue weighted by atomic mass is 16.4. The third-order valence-electron chi connectivity index (χ3n) is 4.17. The largest absolute Gasteiger partial charge is 0.481 e. The summed E-state index contributed by atoms with van der Waals surface area (Å²) in [5.41, 5.74) is 1.31. The van der Waals surface area contributed by atoms with E-state index in [0.29, 0.717) is 17.8 Å². The van der Waals surface area contributed by atoms with Gasteiger partial charge in [-0.1, -0.05) is 11.6 Å². The average molecular weight is 208 g/mol. The van der Waals surface area contributed by atoms with Crippen LogP contribution in [-0.2, 0) is 4.79 Å². The summed E-state index contributed by atoms with van der Waals surface area (Å²) in [6.45, 7) is 4.17. The van der Waals surface area contributed by atoms with Crippen LogP contribution in [0.1, 0.15) is 39.5 Å². The Bertz CT molecular complexity index is 289. The van der Waals surface area contributed by atoms with Crippen molar-refractivity contribution in [2.75, 3.05) is 0 Å². The first-order valence-corrected chi connectivity index (χ1v) is 5.95. The van der Waals surface area contributed by atoms with E-state index in [1.165, 1.54) is 12.0 Å². The van der Waals surface area contributed by atoms with E-state index in [1.54, 1.807) is 0 Å². The number of allylic oxidation sites excluding steroid dienone is 2. The molecule has 2 rings (SSSR count). The molecule has 2 fully saturated rings. The molecule has 4 atom stereocenters. The lowest BCUT2D eigenvalue weighted by Crippen LogP contribution is -2.29. The minimum atomic E-state index is -0.561. The lowest BCUT2D eigenvalue weighted by Gasteiger charge is -2.27. The van der Waals surface area contributed by atoms with Crippen molar-refractivity contribution >= 4 is 5.97 Å². The van der Waals surface area contributed by atoms with Gasteiger partial charge in [0.1, 0.15) is 0 Å². The molecular weight excluding hydrogens is 188 g/mol. The van der Waals surface area contributed by atoms with Crippen LogP contribution >= 0.6 is 0 Å². The maximum absolute atomic E-state index is 11.2. The van der Waals surface area contributed by atoms with E-state index < -0.39 is 5.97 Å². The molecule has 2 bridgehead atoms. The van der Waals surface area contributed by atoms with Crippen molar-refractivity contribution in [2.24, 2.45) is 23.7 Å². The van der Waals surface area contributed by atoms with Crippen LogP contribution in [0.3, 0.4) is 0 Å². The summed E-state index contributed by atoms with van der Waals surface area (Å²) in [5.74, 6) is 0.958. The zero-order valence-corrected chi connectivity index (χ0v) is 9.57. The van der Waals surface area contributed by atoms with Gasteiger partial charge in [-0.2, -0.15) is 0 Å². The van der Waals surface area contributed by atoms with E-state index in [9.17, 15) is 9.90 Å². The Balaban J connectivity index is 2.08. The molecular formula is C13H20O2. The molecule has 0 aromatic carbocycles. The number of aliphatic carboxylic acids is 1. The molecule has 0 aromatic heterocycles. The Labute approximate surface area is 91.4 Å². The van der Waals surface area contributed by atoms with Crippen LogP contribution in [0.15, 0.2) is 11.6 Å². The first-order valence-electron chi connectivity index (χ1n) is 5.95. The van der Waals surface area contributed by atoms with Crippen LogP contribution in [0.5, 0.6) is 0 Å². The molecule has 2 aliphatic carbocycles. The fraction of sp³-hybridized carbons (Fsp3) is 0.769. The van der Waals surface area contributed by atoms with Crippen molar-refractivity contribution in [1.29, 1.82) is 0 Å². The van der Waals surface area contributed by atoms with Gasteiger partial charge in [0, 0.05) is 0 Å². The van der Waals surface area contributed by atoms with Crippen LogP contribution in [0.4, 0.5) is 0 Å². The quantitative estimate of drug-likeness (QED) is 0.724. The number of rotatable bonds is 3. The highest BCUT2D eigenvalue weighted by Gasteiger charge is 2.50. The number of hydrogen-bond donors (Lipinski definition) is 1. The molecule has 0 amide bonds. The zero-order valence-electron chi connectivity index (χ0n) is 9.57. The van der Waals surface area contributed by atoms with Gasteiger partial charge in [-0.3, -0.25) is 4.79 Å². The molecule has 0 heterocycles. The van der Waals surface area contributed by atoms with E-state index in [-0.39, 0.29) is 5.92 Å². The van der Waals surface area contributed by atoms with Crippen molar-refractivity contribution in [3.05, 3.63) is 11.6 Å². The van der Waals surface area contributed by atoms with Gasteiger partial charge in [-0.05, 0) is 57.3 Å². The second-order valence-electron chi connectivity index (χ2n) is 5.38. The van der Waals surface area contributed by atoms with Gasteiger partial charge in [0.15, 0.2) is 0 Å². The van der Waals surface area contributed by atoms with Crippen LogP contribution in [-0.4, -0.2) is 11.1 Å². The lowest BCUT2D eigenvalue weighted by molar-refractivity contribution is -0.145. The van der Waals surface area contributed by atoms with Gasteiger partial charge >= 0.3 is 5.97 Å². The molecule has 84 valence electrons. The number of hydrogen-bond acceptors (Lipinski definition) is 1. The van der Waals surface area contributed by atoms with Crippen LogP contribution in [0, 0.1) is 23.7 Å². The summed E-state index contributed by atoms with van der Waals surface area (Å²) in [5, 5.41) is 9.25. The summed E-state index contributed by atoms with van der Waals surface area (Å²) in [4.78, 5) is 11.2. The normalized spacial score (nSPS) is 38.0. The van der Waals surface area contributed by atoms with Gasteiger partial charge in [0.2, 0.25) is 0 Å². The van der Waals surface area contributed by atoms with E-state index in [0.717, 1.165) is 19.3 Å². The van der Waals surface area contributed by atoms with E-state index in [1.807, 2.05) is 0 Å². The molecule has 2 heteroatoms. The van der Waals surface area contributed by atoms with E-state index in [4.69, 9.17) is 0 Å². The SMILES string of the molecule is CC(C)=CC[C@@H]1[C@H]2CC[C@H](C2)[C@@H]1C(=O)O. The van der Waals surface area contributed by atoms with Crippen molar-refractivity contribution in [1.82, 2.24) is 0 Å². The van der Waals surface area contributed by atoms with Gasteiger partial charge in [0.25, 0.3) is 0 Å². The topological polar surface area (TPSA) is 37.3 Å². The molecule has 0 aromatic rings. The monoisotopic (exact) mass is 208 g/mol. The molecule has 15 heavy (non-hydrogen) atoms. The first-order chi connectivity index (χ1) is 7.09. The maximum atomic E-state index is 11.2. The fourth-order valence-electron chi connectivity index (χ4n) is 3.51. The molecule has 1 N–H and O–H groups in total. The number of carboxylic acids is 1. The Kier molecular flexibility index (Phi) is 2.85. The van der Waals surface area contributed by atoms with Crippen LogP contribution in [0.2, 0.25) is 0 Å². The summed E-state index contributed by atoms with van der Waals surface area (Å²) >= 11 is 0. The van der Waals surface area contributed by atoms with E-state index >= 15 is 0 Å². The standard InChI is InChI=1S/C13H20O2/c1-8(2)3-6-11-9-4-5-10(7-9)12(11)13(14)15/h3,9-12H,4-7H2,1-2H3,(H,14,15)/t9-,10+,11+,12-/m0/s1. The highest BCUT2D eigenvalue weighted by molar-refractivity contribution is 5.71. The lowest BCUT2D eigenvalue weighted by atomic mass is 9.77. The number of carboxylic acid groups (broad SMARTS) is 1. The smallest absolute Gasteiger partial charge is 0.307 e. The minimum Gasteiger partial charge on any atom is -0.481 e. The molecule has 2 saturated carbocycles. The van der Waals surface area contributed by atoms with Crippen molar-refractivity contribution in [3.63, 3.8) is 0 Å². The zero-order chi connectivity index (χ0) is 11.0. The Morgan fingerprint density at radius 2 is 2.00 bits per heavy atom. The summed E-state index contributed by atoms with van der Waals surface area (Å²) in [7, 11) is 0.